The maximum Gasteiger partial charge on any atom is 0.167 e. The van der Waals surface area contributed by atoms with Crippen molar-refractivity contribution in [2.45, 2.75) is 33.1 Å². The molecule has 5 heteroatoms. The largest absolute Gasteiger partial charge is 0.300 e. The van der Waals surface area contributed by atoms with Gasteiger partial charge in [-0.3, -0.25) is 14.4 Å². The highest BCUT2D eigenvalue weighted by molar-refractivity contribution is 5.97. The molecule has 0 saturated carbocycles. The van der Waals surface area contributed by atoms with E-state index in [9.17, 15) is 14.4 Å². The van der Waals surface area contributed by atoms with Crippen molar-refractivity contribution in [1.82, 2.24) is 0 Å². The molecule has 0 amide bonds. The topological polar surface area (TPSA) is 75.9 Å². The fraction of sp³-hybridized carbons (Fsp3) is 0.192. The summed E-state index contributed by atoms with van der Waals surface area (Å²) in [6.45, 7) is 3.12. The van der Waals surface area contributed by atoms with Crippen molar-refractivity contribution in [3.63, 3.8) is 0 Å². The summed E-state index contributed by atoms with van der Waals surface area (Å²) in [5.41, 5.74) is 4.79. The number of Topliss-reactive ketones (excluding diaryl/α,β-unsaturated/α-hetero) is 3. The number of ketones is 3. The molecule has 31 heavy (non-hydrogen) atoms. The third kappa shape index (κ3) is 6.93. The highest BCUT2D eigenvalue weighted by Crippen LogP contribution is 2.20. The molecule has 0 aliphatic carbocycles. The Morgan fingerprint density at radius 1 is 0.548 bits per heavy atom. The molecule has 156 valence electrons. The molecule has 0 unspecified atom stereocenters. The lowest BCUT2D eigenvalue weighted by Gasteiger charge is -2.04. The van der Waals surface area contributed by atoms with Crippen molar-refractivity contribution in [2.24, 2.45) is 10.2 Å². The zero-order chi connectivity index (χ0) is 22.2. The highest BCUT2D eigenvalue weighted by atomic mass is 16.1. The van der Waals surface area contributed by atoms with Crippen LogP contribution in [0.1, 0.15) is 40.9 Å². The number of hydrogen-bond acceptors (Lipinski definition) is 5. The van der Waals surface area contributed by atoms with Crippen LogP contribution in [0.5, 0.6) is 0 Å². The average molecular weight is 412 g/mol. The number of carbonyl (C=O) groups is 3. The van der Waals surface area contributed by atoms with Crippen molar-refractivity contribution in [1.29, 1.82) is 0 Å². The number of hydrogen-bond donors (Lipinski definition) is 0. The summed E-state index contributed by atoms with van der Waals surface area (Å²) in [7, 11) is 0. The Hall–Kier alpha value is -3.73. The van der Waals surface area contributed by atoms with Crippen LogP contribution >= 0.6 is 0 Å². The first kappa shape index (κ1) is 22.0. The third-order valence-electron chi connectivity index (χ3n) is 4.70. The van der Waals surface area contributed by atoms with E-state index in [4.69, 9.17) is 0 Å². The zero-order valence-electron chi connectivity index (χ0n) is 17.7. The summed E-state index contributed by atoms with van der Waals surface area (Å²) >= 11 is 0. The summed E-state index contributed by atoms with van der Waals surface area (Å²) < 4.78 is 0. The molecular weight excluding hydrogens is 388 g/mol. The Morgan fingerprint density at radius 2 is 0.903 bits per heavy atom. The molecule has 5 nitrogen and oxygen atoms in total. The second-order valence-electron chi connectivity index (χ2n) is 7.59. The number of rotatable bonds is 9. The second kappa shape index (κ2) is 10.3. The Balaban J connectivity index is 1.58. The molecule has 0 N–H and O–H groups in total. The number of nitrogens with zero attached hydrogens (tertiary/aromatic N) is 2. The minimum atomic E-state index is 0.0226. The fourth-order valence-electron chi connectivity index (χ4n) is 3.15. The van der Waals surface area contributed by atoms with E-state index < -0.39 is 0 Å². The Bertz CT molecular complexity index is 1100. The van der Waals surface area contributed by atoms with Gasteiger partial charge in [-0.1, -0.05) is 48.5 Å². The molecule has 3 aromatic carbocycles. The molecule has 0 atom stereocenters. The lowest BCUT2D eigenvalue weighted by atomic mass is 10.0. The van der Waals surface area contributed by atoms with Gasteiger partial charge in [-0.05, 0) is 54.8 Å². The predicted octanol–water partition coefficient (Wildman–Crippen LogP) is 5.79. The summed E-state index contributed by atoms with van der Waals surface area (Å²) in [4.78, 5) is 34.8. The maximum absolute atomic E-state index is 12.5. The highest BCUT2D eigenvalue weighted by Gasteiger charge is 2.08. The molecule has 0 aliphatic heterocycles. The van der Waals surface area contributed by atoms with Gasteiger partial charge in [0.25, 0.3) is 0 Å². The van der Waals surface area contributed by atoms with E-state index in [1.54, 1.807) is 26.0 Å². The monoisotopic (exact) mass is 412 g/mol. The van der Waals surface area contributed by atoms with Gasteiger partial charge in [0.2, 0.25) is 0 Å². The Labute approximate surface area is 181 Å². The van der Waals surface area contributed by atoms with Crippen molar-refractivity contribution in [3.8, 4) is 0 Å². The van der Waals surface area contributed by atoms with E-state index in [-0.39, 0.29) is 17.3 Å². The summed E-state index contributed by atoms with van der Waals surface area (Å²) in [6, 6.07) is 22.0. The maximum atomic E-state index is 12.5. The minimum absolute atomic E-state index is 0.0226. The minimum Gasteiger partial charge on any atom is -0.300 e. The van der Waals surface area contributed by atoms with Crippen molar-refractivity contribution >= 4 is 28.7 Å². The van der Waals surface area contributed by atoms with E-state index in [2.05, 4.69) is 10.2 Å². The summed E-state index contributed by atoms with van der Waals surface area (Å²) in [5, 5.41) is 8.44. The van der Waals surface area contributed by atoms with Crippen LogP contribution in [-0.2, 0) is 28.9 Å². The molecule has 0 saturated heterocycles. The molecular formula is C26H24N2O3. The molecule has 0 aromatic heterocycles. The second-order valence-corrected chi connectivity index (χ2v) is 7.59. The Morgan fingerprint density at radius 3 is 1.29 bits per heavy atom. The van der Waals surface area contributed by atoms with Gasteiger partial charge in [0.15, 0.2) is 5.78 Å². The third-order valence-corrected chi connectivity index (χ3v) is 4.70. The number of benzene rings is 3. The molecule has 3 aromatic rings. The molecule has 0 radical (unpaired) electrons. The normalized spacial score (nSPS) is 10.9. The van der Waals surface area contributed by atoms with E-state index >= 15 is 0 Å². The molecule has 0 bridgehead atoms. The van der Waals surface area contributed by atoms with Gasteiger partial charge < -0.3 is 0 Å². The lowest BCUT2D eigenvalue weighted by molar-refractivity contribution is -0.117. The first-order chi connectivity index (χ1) is 14.9. The van der Waals surface area contributed by atoms with E-state index in [1.807, 2.05) is 60.7 Å². The van der Waals surface area contributed by atoms with Crippen LogP contribution in [0.3, 0.4) is 0 Å². The van der Waals surface area contributed by atoms with E-state index in [0.29, 0.717) is 36.2 Å². The van der Waals surface area contributed by atoms with Crippen LogP contribution < -0.4 is 0 Å². The SMILES string of the molecule is CC(=O)Cc1ccc(N=Nc2ccc(CC(=O)c3ccc(CC(C)=O)cc3)cc2)cc1. The van der Waals surface area contributed by atoms with Crippen molar-refractivity contribution < 1.29 is 14.4 Å². The van der Waals surface area contributed by atoms with Gasteiger partial charge in [0.1, 0.15) is 11.6 Å². The molecule has 0 fully saturated rings. The first-order valence-electron chi connectivity index (χ1n) is 10.1. The zero-order valence-corrected chi connectivity index (χ0v) is 17.7. The average Bonchev–Trinajstić information content (AvgIpc) is 2.74. The quantitative estimate of drug-likeness (QED) is 0.330. The lowest BCUT2D eigenvalue weighted by Crippen LogP contribution is -2.04. The Kier molecular flexibility index (Phi) is 7.33. The van der Waals surface area contributed by atoms with E-state index in [0.717, 1.165) is 16.7 Å². The van der Waals surface area contributed by atoms with Crippen molar-refractivity contribution in [2.75, 3.05) is 0 Å². The fourth-order valence-corrected chi connectivity index (χ4v) is 3.15. The molecule has 0 heterocycles. The van der Waals surface area contributed by atoms with Crippen LogP contribution in [0.15, 0.2) is 83.0 Å². The van der Waals surface area contributed by atoms with Gasteiger partial charge in [-0.25, -0.2) is 0 Å². The van der Waals surface area contributed by atoms with Crippen LogP contribution in [0, 0.1) is 0 Å². The van der Waals surface area contributed by atoms with Gasteiger partial charge >= 0.3 is 0 Å². The van der Waals surface area contributed by atoms with Crippen LogP contribution in [-0.4, -0.2) is 17.3 Å². The van der Waals surface area contributed by atoms with Crippen molar-refractivity contribution in [3.05, 3.63) is 95.1 Å². The van der Waals surface area contributed by atoms with Gasteiger partial charge in [0, 0.05) is 24.8 Å². The summed E-state index contributed by atoms with van der Waals surface area (Å²) in [6.07, 6.45) is 1.09. The molecule has 3 rings (SSSR count). The predicted molar refractivity (Wildman–Crippen MR) is 120 cm³/mol. The number of carbonyl (C=O) groups excluding carboxylic acids is 3. The van der Waals surface area contributed by atoms with Crippen LogP contribution in [0.25, 0.3) is 0 Å². The first-order valence-corrected chi connectivity index (χ1v) is 10.1. The van der Waals surface area contributed by atoms with Gasteiger partial charge in [-0.2, -0.15) is 10.2 Å². The van der Waals surface area contributed by atoms with Crippen LogP contribution in [0.2, 0.25) is 0 Å². The molecule has 0 spiro atoms. The summed E-state index contributed by atoms with van der Waals surface area (Å²) in [5.74, 6) is 0.244. The number of azo groups is 1. The van der Waals surface area contributed by atoms with Crippen LogP contribution in [0.4, 0.5) is 11.4 Å². The molecule has 0 aliphatic rings. The van der Waals surface area contributed by atoms with E-state index in [1.165, 1.54) is 0 Å². The van der Waals surface area contributed by atoms with Gasteiger partial charge in [-0.15, -0.1) is 0 Å². The van der Waals surface area contributed by atoms with Gasteiger partial charge in [0.05, 0.1) is 11.4 Å². The smallest absolute Gasteiger partial charge is 0.167 e. The standard InChI is InChI=1S/C26H24N2O3/c1-18(29)15-20-3-9-23(10-4-20)26(31)17-22-7-13-25(14-8-22)28-27-24-11-5-21(6-12-24)16-19(2)30/h3-14H,15-17H2,1-2H3.